The molecule has 1 aromatic rings. The molecular formula is C12H15BrF3O4P. The van der Waals surface area contributed by atoms with Gasteiger partial charge >= 0.3 is 13.8 Å². The van der Waals surface area contributed by atoms with E-state index in [9.17, 15) is 22.8 Å². The van der Waals surface area contributed by atoms with Crippen LogP contribution in [0.1, 0.15) is 30.8 Å². The first-order valence-electron chi connectivity index (χ1n) is 6.09. The van der Waals surface area contributed by atoms with Crippen molar-refractivity contribution in [3.05, 3.63) is 33.8 Å². The topological polar surface area (TPSA) is 55.8 Å². The van der Waals surface area contributed by atoms with Crippen LogP contribution in [0.4, 0.5) is 13.2 Å². The van der Waals surface area contributed by atoms with E-state index in [4.69, 9.17) is 9.05 Å². The summed E-state index contributed by atoms with van der Waals surface area (Å²) in [4.78, 5) is 0. The highest BCUT2D eigenvalue weighted by Crippen LogP contribution is 2.59. The first-order valence-corrected chi connectivity index (χ1v) is 8.49. The molecule has 0 heterocycles. The van der Waals surface area contributed by atoms with Crippen molar-refractivity contribution in [1.29, 1.82) is 0 Å². The van der Waals surface area contributed by atoms with E-state index in [0.717, 1.165) is 12.1 Å². The summed E-state index contributed by atoms with van der Waals surface area (Å²) in [6.07, 6.45) is -4.60. The molecule has 9 heteroatoms. The summed E-state index contributed by atoms with van der Waals surface area (Å²) in [6, 6.07) is 3.08. The van der Waals surface area contributed by atoms with Gasteiger partial charge in [-0.3, -0.25) is 4.57 Å². The van der Waals surface area contributed by atoms with Crippen LogP contribution in [0.3, 0.4) is 0 Å². The first kappa shape index (κ1) is 18.6. The maximum Gasteiger partial charge on any atom is 0.417 e. The van der Waals surface area contributed by atoms with Crippen molar-refractivity contribution in [2.45, 2.75) is 25.9 Å². The van der Waals surface area contributed by atoms with E-state index in [1.807, 2.05) is 0 Å². The van der Waals surface area contributed by atoms with Crippen LogP contribution >= 0.6 is 23.5 Å². The number of halogens is 4. The van der Waals surface area contributed by atoms with Crippen LogP contribution in [0, 0.1) is 0 Å². The molecule has 0 fully saturated rings. The van der Waals surface area contributed by atoms with E-state index >= 15 is 0 Å². The summed E-state index contributed by atoms with van der Waals surface area (Å²) in [5.74, 6) is -1.79. The molecule has 1 rings (SSSR count). The van der Waals surface area contributed by atoms with Gasteiger partial charge in [0.25, 0.3) is 0 Å². The third-order valence-corrected chi connectivity index (χ3v) is 5.34. The SMILES string of the molecule is CCOP(=O)(OCC)C(O)c1ccc(Br)c(C(F)(F)F)c1. The van der Waals surface area contributed by atoms with Crippen LogP contribution in [0.2, 0.25) is 0 Å². The minimum atomic E-state index is -4.60. The molecule has 0 aliphatic heterocycles. The largest absolute Gasteiger partial charge is 0.417 e. The predicted molar refractivity (Wildman–Crippen MR) is 75.0 cm³/mol. The fraction of sp³-hybridized carbons (Fsp3) is 0.500. The highest BCUT2D eigenvalue weighted by Gasteiger charge is 2.38. The van der Waals surface area contributed by atoms with E-state index < -0.39 is 25.2 Å². The highest BCUT2D eigenvalue weighted by molar-refractivity contribution is 9.10. The van der Waals surface area contributed by atoms with Gasteiger partial charge in [0.1, 0.15) is 0 Å². The molecule has 1 unspecified atom stereocenters. The smallest absolute Gasteiger partial charge is 0.376 e. The maximum atomic E-state index is 12.8. The van der Waals surface area contributed by atoms with Gasteiger partial charge in [-0.15, -0.1) is 0 Å². The molecule has 0 aromatic heterocycles. The predicted octanol–water partition coefficient (Wildman–Crippen LogP) is 4.72. The lowest BCUT2D eigenvalue weighted by Crippen LogP contribution is -2.10. The van der Waals surface area contributed by atoms with Crippen LogP contribution < -0.4 is 0 Å². The van der Waals surface area contributed by atoms with Crippen molar-refractivity contribution < 1.29 is 31.9 Å². The number of aliphatic hydroxyl groups excluding tert-OH is 1. The normalized spacial score (nSPS) is 14.2. The fourth-order valence-electron chi connectivity index (χ4n) is 1.64. The van der Waals surface area contributed by atoms with E-state index in [-0.39, 0.29) is 23.2 Å². The Morgan fingerprint density at radius 3 is 2.24 bits per heavy atom. The minimum absolute atomic E-state index is 0.00298. The Balaban J connectivity index is 3.23. The van der Waals surface area contributed by atoms with Gasteiger partial charge in [0.2, 0.25) is 0 Å². The summed E-state index contributed by atoms with van der Waals surface area (Å²) >= 11 is 2.79. The molecule has 0 spiro atoms. The summed E-state index contributed by atoms with van der Waals surface area (Å²) in [6.45, 7) is 3.08. The minimum Gasteiger partial charge on any atom is -0.376 e. The fourth-order valence-corrected chi connectivity index (χ4v) is 3.72. The molecule has 0 aliphatic carbocycles. The Kier molecular flexibility index (Phi) is 6.43. The lowest BCUT2D eigenvalue weighted by atomic mass is 10.1. The van der Waals surface area contributed by atoms with Crippen LogP contribution in [-0.4, -0.2) is 18.3 Å². The van der Waals surface area contributed by atoms with Crippen LogP contribution in [0.25, 0.3) is 0 Å². The van der Waals surface area contributed by atoms with Gasteiger partial charge in [-0.2, -0.15) is 13.2 Å². The maximum absolute atomic E-state index is 12.8. The number of hydrogen-bond donors (Lipinski definition) is 1. The zero-order valence-electron chi connectivity index (χ0n) is 11.4. The van der Waals surface area contributed by atoms with Gasteiger partial charge in [-0.25, -0.2) is 0 Å². The number of hydrogen-bond acceptors (Lipinski definition) is 4. The highest BCUT2D eigenvalue weighted by atomic mass is 79.9. The molecule has 0 saturated heterocycles. The first-order chi connectivity index (χ1) is 9.65. The van der Waals surface area contributed by atoms with Crippen molar-refractivity contribution in [3.63, 3.8) is 0 Å². The molecule has 0 aliphatic rings. The monoisotopic (exact) mass is 390 g/mol. The number of benzene rings is 1. The van der Waals surface area contributed by atoms with Crippen molar-refractivity contribution in [2.24, 2.45) is 0 Å². The second kappa shape index (κ2) is 7.24. The van der Waals surface area contributed by atoms with Crippen LogP contribution in [-0.2, 0) is 19.8 Å². The van der Waals surface area contributed by atoms with Gasteiger partial charge in [-0.1, -0.05) is 22.0 Å². The van der Waals surface area contributed by atoms with Crippen molar-refractivity contribution in [2.75, 3.05) is 13.2 Å². The van der Waals surface area contributed by atoms with Crippen LogP contribution in [0.15, 0.2) is 22.7 Å². The third kappa shape index (κ3) is 4.53. The van der Waals surface area contributed by atoms with Gasteiger partial charge in [0.05, 0.1) is 18.8 Å². The molecule has 120 valence electrons. The quantitative estimate of drug-likeness (QED) is 0.713. The third-order valence-electron chi connectivity index (χ3n) is 2.51. The summed E-state index contributed by atoms with van der Waals surface area (Å²) < 4.78 is 60.6. The average Bonchev–Trinajstić information content (AvgIpc) is 2.37. The molecule has 21 heavy (non-hydrogen) atoms. The number of aliphatic hydroxyl groups is 1. The Hall–Kier alpha value is -0.400. The Labute approximate surface area is 128 Å². The van der Waals surface area contributed by atoms with Crippen molar-refractivity contribution >= 4 is 23.5 Å². The van der Waals surface area contributed by atoms with Gasteiger partial charge in [0.15, 0.2) is 5.85 Å². The Morgan fingerprint density at radius 1 is 1.29 bits per heavy atom. The average molecular weight is 391 g/mol. The second-order valence-corrected chi connectivity index (χ2v) is 6.93. The molecule has 4 nitrogen and oxygen atoms in total. The van der Waals surface area contributed by atoms with Crippen LogP contribution in [0.5, 0.6) is 0 Å². The lowest BCUT2D eigenvalue weighted by molar-refractivity contribution is -0.138. The number of rotatable bonds is 6. The zero-order chi connectivity index (χ0) is 16.3. The van der Waals surface area contributed by atoms with Crippen molar-refractivity contribution in [1.82, 2.24) is 0 Å². The standard InChI is InChI=1S/C12H15BrF3O4P/c1-3-19-21(18,20-4-2)11(17)8-5-6-10(13)9(7-8)12(14,15)16/h5-7,11,17H,3-4H2,1-2H3. The molecule has 0 radical (unpaired) electrons. The lowest BCUT2D eigenvalue weighted by Gasteiger charge is -2.23. The van der Waals surface area contributed by atoms with E-state index in [1.54, 1.807) is 13.8 Å². The molecule has 1 atom stereocenters. The summed E-state index contributed by atoms with van der Waals surface area (Å²) in [5.41, 5.74) is -1.16. The summed E-state index contributed by atoms with van der Waals surface area (Å²) in [7, 11) is -3.95. The van der Waals surface area contributed by atoms with E-state index in [2.05, 4.69) is 15.9 Å². The summed E-state index contributed by atoms with van der Waals surface area (Å²) in [5, 5.41) is 10.1. The van der Waals surface area contributed by atoms with E-state index in [0.29, 0.717) is 0 Å². The van der Waals surface area contributed by atoms with Gasteiger partial charge in [0, 0.05) is 4.47 Å². The van der Waals surface area contributed by atoms with Gasteiger partial charge in [-0.05, 0) is 31.5 Å². The second-order valence-electron chi connectivity index (χ2n) is 3.99. The molecule has 1 aromatic carbocycles. The molecule has 0 amide bonds. The van der Waals surface area contributed by atoms with E-state index in [1.165, 1.54) is 6.07 Å². The zero-order valence-corrected chi connectivity index (χ0v) is 13.8. The Morgan fingerprint density at radius 2 is 1.81 bits per heavy atom. The Bertz CT molecular complexity index is 526. The molecular weight excluding hydrogens is 376 g/mol. The molecule has 0 bridgehead atoms. The molecule has 0 saturated carbocycles. The van der Waals surface area contributed by atoms with Gasteiger partial charge < -0.3 is 14.2 Å². The number of alkyl halides is 3. The molecule has 1 N–H and O–H groups in total. The van der Waals surface area contributed by atoms with Crippen molar-refractivity contribution in [3.8, 4) is 0 Å².